The molecule has 0 amide bonds. The molecule has 2 aromatic carbocycles. The van der Waals surface area contributed by atoms with E-state index in [0.29, 0.717) is 11.1 Å². The summed E-state index contributed by atoms with van der Waals surface area (Å²) < 4.78 is 0. The normalized spacial score (nSPS) is 11.4. The third-order valence-corrected chi connectivity index (χ3v) is 5.16. The Morgan fingerprint density at radius 1 is 0.800 bits per heavy atom. The van der Waals surface area contributed by atoms with Crippen molar-refractivity contribution in [3.8, 4) is 0 Å². The molecule has 2 rings (SSSR count). The van der Waals surface area contributed by atoms with Gasteiger partial charge in [-0.05, 0) is 33.2 Å². The largest absolute Gasteiger partial charge is 0.477 e. The van der Waals surface area contributed by atoms with Crippen LogP contribution >= 0.6 is 24.4 Å². The van der Waals surface area contributed by atoms with Gasteiger partial charge in [0.2, 0.25) is 0 Å². The zero-order chi connectivity index (χ0) is 22.5. The zero-order valence-electron chi connectivity index (χ0n) is 17.1. The molecule has 0 radical (unpaired) electrons. The number of thiocarbonyl (C=S) groups is 2. The van der Waals surface area contributed by atoms with Crippen molar-refractivity contribution in [2.24, 2.45) is 0 Å². The third-order valence-electron chi connectivity index (χ3n) is 4.53. The van der Waals surface area contributed by atoms with Gasteiger partial charge in [-0.2, -0.15) is 0 Å². The van der Waals surface area contributed by atoms with Gasteiger partial charge in [-0.1, -0.05) is 99.8 Å². The van der Waals surface area contributed by atoms with E-state index in [1.54, 1.807) is 6.07 Å². The van der Waals surface area contributed by atoms with Crippen LogP contribution < -0.4 is 0 Å². The van der Waals surface area contributed by atoms with Crippen molar-refractivity contribution in [1.82, 2.24) is 0 Å². The molecule has 4 nitrogen and oxygen atoms in total. The highest BCUT2D eigenvalue weighted by atomic mass is 32.1. The van der Waals surface area contributed by atoms with Crippen LogP contribution in [0, 0.1) is 0 Å². The standard InChI is InChI=1S/C24H24O4S2/c1-24(2,3)19-8-6-15(7-9-19)4-5-16-10-17(13-20(29)22(25)26)12-18(11-16)14-21(30)23(27)28/h4-12H,13-14H2,1-3H3,(H,25,26)(H,27,28)/b5-4+. The highest BCUT2D eigenvalue weighted by Gasteiger charge is 2.13. The quantitative estimate of drug-likeness (QED) is 0.437. The fraction of sp³-hybridized carbons (Fsp3) is 0.250. The number of hydrogen-bond donors (Lipinski definition) is 2. The molecule has 6 heteroatoms. The predicted octanol–water partition coefficient (Wildman–Crippen LogP) is 5.15. The van der Waals surface area contributed by atoms with Crippen molar-refractivity contribution in [2.45, 2.75) is 39.0 Å². The summed E-state index contributed by atoms with van der Waals surface area (Å²) in [5.41, 5.74) is 4.58. The molecule has 30 heavy (non-hydrogen) atoms. The van der Waals surface area contributed by atoms with E-state index in [2.05, 4.69) is 32.9 Å². The minimum atomic E-state index is -1.13. The number of rotatable bonds is 8. The summed E-state index contributed by atoms with van der Waals surface area (Å²) in [7, 11) is 0. The zero-order valence-corrected chi connectivity index (χ0v) is 18.8. The fourth-order valence-electron chi connectivity index (χ4n) is 2.90. The van der Waals surface area contributed by atoms with Crippen LogP contribution in [0.1, 0.15) is 48.6 Å². The highest BCUT2D eigenvalue weighted by Crippen LogP contribution is 2.23. The predicted molar refractivity (Wildman–Crippen MR) is 128 cm³/mol. The van der Waals surface area contributed by atoms with E-state index < -0.39 is 11.9 Å². The van der Waals surface area contributed by atoms with Crippen molar-refractivity contribution < 1.29 is 19.8 Å². The summed E-state index contributed by atoms with van der Waals surface area (Å²) in [4.78, 5) is 22.0. The van der Waals surface area contributed by atoms with Gasteiger partial charge in [-0.25, -0.2) is 9.59 Å². The Morgan fingerprint density at radius 2 is 1.23 bits per heavy atom. The number of hydrogen-bond acceptors (Lipinski definition) is 4. The maximum atomic E-state index is 11.1. The van der Waals surface area contributed by atoms with Gasteiger partial charge in [0.05, 0.1) is 0 Å². The molecular formula is C24H24O4S2. The lowest BCUT2D eigenvalue weighted by Gasteiger charge is -2.18. The van der Waals surface area contributed by atoms with Gasteiger partial charge in [0.15, 0.2) is 0 Å². The molecule has 0 bridgehead atoms. The lowest BCUT2D eigenvalue weighted by atomic mass is 9.86. The number of benzene rings is 2. The summed E-state index contributed by atoms with van der Waals surface area (Å²) in [6.45, 7) is 6.48. The van der Waals surface area contributed by atoms with Gasteiger partial charge in [-0.15, -0.1) is 0 Å². The van der Waals surface area contributed by atoms with Gasteiger partial charge in [0, 0.05) is 12.8 Å². The second kappa shape index (κ2) is 9.87. The molecule has 0 spiro atoms. The van der Waals surface area contributed by atoms with Crippen molar-refractivity contribution in [2.75, 3.05) is 0 Å². The van der Waals surface area contributed by atoms with E-state index in [1.807, 2.05) is 36.4 Å². The Bertz CT molecular complexity index is 966. The topological polar surface area (TPSA) is 74.6 Å². The second-order valence-corrected chi connectivity index (χ2v) is 9.08. The van der Waals surface area contributed by atoms with Crippen LogP contribution in [0.2, 0.25) is 0 Å². The molecule has 2 aromatic rings. The Labute approximate surface area is 187 Å². The molecule has 0 saturated carbocycles. The monoisotopic (exact) mass is 440 g/mol. The average Bonchev–Trinajstić information content (AvgIpc) is 2.65. The molecule has 0 heterocycles. The summed E-state index contributed by atoms with van der Waals surface area (Å²) in [6.07, 6.45) is 4.06. The van der Waals surface area contributed by atoms with Crippen molar-refractivity contribution >= 4 is 58.3 Å². The first-order valence-corrected chi connectivity index (χ1v) is 10.2. The van der Waals surface area contributed by atoms with Gasteiger partial charge >= 0.3 is 11.9 Å². The first-order chi connectivity index (χ1) is 14.0. The molecule has 156 valence electrons. The van der Waals surface area contributed by atoms with E-state index in [-0.39, 0.29) is 28.0 Å². The van der Waals surface area contributed by atoms with E-state index >= 15 is 0 Å². The van der Waals surface area contributed by atoms with E-state index in [9.17, 15) is 9.59 Å². The molecule has 0 aliphatic heterocycles. The Hall–Kier alpha value is -2.70. The first-order valence-electron chi connectivity index (χ1n) is 9.39. The molecule has 0 aliphatic carbocycles. The maximum absolute atomic E-state index is 11.1. The summed E-state index contributed by atoms with van der Waals surface area (Å²) in [5.74, 6) is -2.26. The average molecular weight is 441 g/mol. The van der Waals surface area contributed by atoms with E-state index in [0.717, 1.165) is 11.1 Å². The number of carboxylic acids is 2. The van der Waals surface area contributed by atoms with Gasteiger partial charge in [-0.3, -0.25) is 0 Å². The smallest absolute Gasteiger partial charge is 0.342 e. The molecule has 0 atom stereocenters. The number of carboxylic acid groups (broad SMARTS) is 2. The van der Waals surface area contributed by atoms with Crippen LogP contribution in [0.15, 0.2) is 42.5 Å². The highest BCUT2D eigenvalue weighted by molar-refractivity contribution is 7.82. The van der Waals surface area contributed by atoms with Gasteiger partial charge < -0.3 is 10.2 Å². The lowest BCUT2D eigenvalue weighted by Crippen LogP contribution is -2.15. The van der Waals surface area contributed by atoms with Gasteiger partial charge in [0.1, 0.15) is 9.73 Å². The van der Waals surface area contributed by atoms with Gasteiger partial charge in [0.25, 0.3) is 0 Å². The Kier molecular flexibility index (Phi) is 7.76. The van der Waals surface area contributed by atoms with Crippen molar-refractivity contribution in [1.29, 1.82) is 0 Å². The van der Waals surface area contributed by atoms with Crippen LogP contribution in [0.25, 0.3) is 12.2 Å². The number of aliphatic carboxylic acids is 2. The van der Waals surface area contributed by atoms with Crippen LogP contribution in [0.5, 0.6) is 0 Å². The summed E-state index contributed by atoms with van der Waals surface area (Å²) in [5, 5.41) is 18.2. The molecule has 2 N–H and O–H groups in total. The minimum absolute atomic E-state index is 0.0800. The molecule has 0 aliphatic rings. The van der Waals surface area contributed by atoms with E-state index in [1.165, 1.54) is 5.56 Å². The van der Waals surface area contributed by atoms with Crippen molar-refractivity contribution in [3.63, 3.8) is 0 Å². The minimum Gasteiger partial charge on any atom is -0.477 e. The fourth-order valence-corrected chi connectivity index (χ4v) is 3.23. The molecular weight excluding hydrogens is 416 g/mol. The summed E-state index contributed by atoms with van der Waals surface area (Å²) >= 11 is 9.84. The van der Waals surface area contributed by atoms with E-state index in [4.69, 9.17) is 34.6 Å². The Balaban J connectivity index is 2.33. The maximum Gasteiger partial charge on any atom is 0.342 e. The van der Waals surface area contributed by atoms with Crippen LogP contribution in [0.4, 0.5) is 0 Å². The van der Waals surface area contributed by atoms with Crippen LogP contribution in [-0.2, 0) is 27.8 Å². The second-order valence-electron chi connectivity index (χ2n) is 8.10. The molecule has 0 aromatic heterocycles. The Morgan fingerprint density at radius 3 is 1.63 bits per heavy atom. The molecule has 0 fully saturated rings. The SMILES string of the molecule is CC(C)(C)c1ccc(/C=C/c2cc(CC(=S)C(=O)O)cc(CC(=S)C(=O)O)c2)cc1. The van der Waals surface area contributed by atoms with Crippen LogP contribution in [-0.4, -0.2) is 31.9 Å². The van der Waals surface area contributed by atoms with Crippen LogP contribution in [0.3, 0.4) is 0 Å². The third kappa shape index (κ3) is 6.97. The molecule has 0 saturated heterocycles. The first kappa shape index (κ1) is 23.6. The summed E-state index contributed by atoms with van der Waals surface area (Å²) in [6, 6.07) is 13.7. The number of carbonyl (C=O) groups is 2. The lowest BCUT2D eigenvalue weighted by molar-refractivity contribution is -0.130. The molecule has 0 unspecified atom stereocenters. The van der Waals surface area contributed by atoms with Crippen molar-refractivity contribution in [3.05, 3.63) is 70.3 Å².